The molecular formula is C41H65N3O13. The van der Waals surface area contributed by atoms with Crippen LogP contribution in [0.3, 0.4) is 0 Å². The summed E-state index contributed by atoms with van der Waals surface area (Å²) >= 11 is 0. The zero-order chi connectivity index (χ0) is 42.3. The van der Waals surface area contributed by atoms with Crippen LogP contribution in [0.25, 0.3) is 0 Å². The van der Waals surface area contributed by atoms with Crippen molar-refractivity contribution in [1.29, 1.82) is 0 Å². The molecule has 0 aliphatic carbocycles. The number of aliphatic hydroxyl groups is 1. The zero-order valence-electron chi connectivity index (χ0n) is 34.9. The number of aliphatic carboxylic acids is 1. The van der Waals surface area contributed by atoms with Crippen LogP contribution in [0.2, 0.25) is 0 Å². The highest BCUT2D eigenvalue weighted by Crippen LogP contribution is 2.34. The molecule has 2 fully saturated rings. The zero-order valence-corrected chi connectivity index (χ0v) is 34.9. The van der Waals surface area contributed by atoms with E-state index in [0.717, 1.165) is 16.9 Å². The van der Waals surface area contributed by atoms with Crippen molar-refractivity contribution in [2.45, 2.75) is 116 Å². The molecule has 16 heteroatoms. The van der Waals surface area contributed by atoms with Gasteiger partial charge in [-0.05, 0) is 52.5 Å². The van der Waals surface area contributed by atoms with Crippen LogP contribution >= 0.6 is 0 Å². The number of rotatable bonds is 22. The predicted octanol–water partition coefficient (Wildman–Crippen LogP) is 3.36. The Kier molecular flexibility index (Phi) is 19.3. The molecular weight excluding hydrogens is 742 g/mol. The van der Waals surface area contributed by atoms with Gasteiger partial charge >= 0.3 is 12.1 Å². The average molecular weight is 808 g/mol. The first-order valence-electron chi connectivity index (χ1n) is 20.0. The number of hydrogen-bond acceptors (Lipinski definition) is 12. The van der Waals surface area contributed by atoms with Gasteiger partial charge in [-0.25, -0.2) is 4.79 Å². The van der Waals surface area contributed by atoms with Gasteiger partial charge in [0.2, 0.25) is 5.91 Å². The third kappa shape index (κ3) is 15.5. The highest BCUT2D eigenvalue weighted by molar-refractivity contribution is 6.12. The minimum absolute atomic E-state index is 0.0924. The van der Waals surface area contributed by atoms with Gasteiger partial charge in [-0.15, -0.1) is 0 Å². The number of aliphatic hydroxyl groups excluding tert-OH is 1. The molecule has 0 saturated carbocycles. The van der Waals surface area contributed by atoms with Gasteiger partial charge in [0, 0.05) is 57.8 Å². The van der Waals surface area contributed by atoms with Crippen molar-refractivity contribution in [1.82, 2.24) is 14.7 Å². The highest BCUT2D eigenvalue weighted by Gasteiger charge is 2.41. The maximum atomic E-state index is 13.4. The molecule has 3 aliphatic rings. The number of carbonyl (C=O) groups is 5. The van der Waals surface area contributed by atoms with Crippen LogP contribution in [0.15, 0.2) is 36.0 Å². The Labute approximate surface area is 337 Å². The molecule has 3 aliphatic heterocycles. The smallest absolute Gasteiger partial charge is 0.410 e. The van der Waals surface area contributed by atoms with E-state index in [0.29, 0.717) is 26.2 Å². The molecule has 8 atom stereocenters. The van der Waals surface area contributed by atoms with Crippen molar-refractivity contribution in [2.24, 2.45) is 11.8 Å². The third-order valence-electron chi connectivity index (χ3n) is 10.4. The van der Waals surface area contributed by atoms with Crippen LogP contribution in [0.4, 0.5) is 4.79 Å². The van der Waals surface area contributed by atoms with Crippen LogP contribution in [0, 0.1) is 11.8 Å². The normalized spacial score (nSPS) is 24.2. The van der Waals surface area contributed by atoms with E-state index in [1.807, 2.05) is 46.8 Å². The second-order valence-corrected chi connectivity index (χ2v) is 15.8. The van der Waals surface area contributed by atoms with E-state index < -0.39 is 48.2 Å². The van der Waals surface area contributed by atoms with Crippen molar-refractivity contribution in [3.8, 4) is 0 Å². The standard InChI is InChI=1S/C41H65N3O13/c1-27(26-41(6,7)57-31(5)39(52-8)30(4)45)10-9-11-28(2)38-29(3)33(24-32(55-38)25-37(49)50)56-40(51)43-17-15-42(16-18-43)34(46)14-20-53-22-23-54-21-19-44-35(47)12-13-36(44)48/h9-13,27,29-33,38-39,45H,14-26H2,1-8H3,(H,49,50)/b10-9+,28-11+/t27-,29+,30-,31?,32-,33-,38-,39+/m1/s1. The lowest BCUT2D eigenvalue weighted by Gasteiger charge is -2.41. The van der Waals surface area contributed by atoms with Crippen LogP contribution in [0.1, 0.15) is 74.1 Å². The molecule has 16 nitrogen and oxygen atoms in total. The number of ether oxygens (including phenoxy) is 6. The third-order valence-corrected chi connectivity index (χ3v) is 10.4. The largest absolute Gasteiger partial charge is 0.481 e. The lowest BCUT2D eigenvalue weighted by Crippen LogP contribution is -2.53. The molecule has 2 N–H and O–H groups in total. The van der Waals surface area contributed by atoms with E-state index in [1.165, 1.54) is 12.2 Å². The molecule has 3 rings (SSSR count). The fourth-order valence-corrected chi connectivity index (χ4v) is 7.58. The average Bonchev–Trinajstić information content (AvgIpc) is 3.45. The SMILES string of the molecule is CO[C@H](C(C)OC(C)(C)C[C@H](C)/C=C/C=C(\C)[C@H]1O[C@@H](CC(=O)O)C[C@@H](OC(=O)N2CCN(C(=O)CCOCCOCCN3C(=O)C=CC3=O)CC2)[C@@H]1C)[C@@H](C)O. The number of hydrogen-bond donors (Lipinski definition) is 2. The molecule has 0 aromatic carbocycles. The number of carbonyl (C=O) groups excluding carboxylic acids is 4. The van der Waals surface area contributed by atoms with Gasteiger partial charge < -0.3 is 48.4 Å². The summed E-state index contributed by atoms with van der Waals surface area (Å²) in [6.07, 6.45) is 5.73. The number of amides is 4. The number of imide groups is 1. The summed E-state index contributed by atoms with van der Waals surface area (Å²) in [4.78, 5) is 65.3. The van der Waals surface area contributed by atoms with Gasteiger partial charge in [0.1, 0.15) is 12.2 Å². The summed E-state index contributed by atoms with van der Waals surface area (Å²) in [6, 6.07) is 0. The van der Waals surface area contributed by atoms with Crippen molar-refractivity contribution in [2.75, 3.05) is 66.3 Å². The first-order valence-corrected chi connectivity index (χ1v) is 20.0. The fourth-order valence-electron chi connectivity index (χ4n) is 7.58. The van der Waals surface area contributed by atoms with Gasteiger partial charge in [-0.3, -0.25) is 24.1 Å². The van der Waals surface area contributed by atoms with E-state index in [2.05, 4.69) is 13.0 Å². The molecule has 0 radical (unpaired) electrons. The Morgan fingerprint density at radius 3 is 2.19 bits per heavy atom. The van der Waals surface area contributed by atoms with Crippen LogP contribution in [-0.4, -0.2) is 163 Å². The molecule has 322 valence electrons. The quantitative estimate of drug-likeness (QED) is 0.0921. The topological polar surface area (TPSA) is 191 Å². The number of carboxylic acid groups (broad SMARTS) is 1. The predicted molar refractivity (Wildman–Crippen MR) is 209 cm³/mol. The molecule has 3 heterocycles. The van der Waals surface area contributed by atoms with Crippen molar-refractivity contribution in [3.05, 3.63) is 36.0 Å². The monoisotopic (exact) mass is 807 g/mol. The maximum Gasteiger partial charge on any atom is 0.410 e. The Morgan fingerprint density at radius 1 is 0.982 bits per heavy atom. The van der Waals surface area contributed by atoms with E-state index in [4.69, 9.17) is 28.4 Å². The first kappa shape index (κ1) is 47.7. The molecule has 0 aromatic rings. The Morgan fingerprint density at radius 2 is 1.60 bits per heavy atom. The molecule has 0 spiro atoms. The van der Waals surface area contributed by atoms with Gasteiger partial charge in [-0.1, -0.05) is 32.1 Å². The number of methoxy groups -OCH3 is 1. The molecule has 57 heavy (non-hydrogen) atoms. The summed E-state index contributed by atoms with van der Waals surface area (Å²) in [5, 5.41) is 19.6. The number of nitrogens with zero attached hydrogens (tertiary/aromatic N) is 3. The summed E-state index contributed by atoms with van der Waals surface area (Å²) in [7, 11) is 1.56. The number of carboxylic acids is 1. The molecule has 1 unspecified atom stereocenters. The van der Waals surface area contributed by atoms with Crippen molar-refractivity contribution in [3.63, 3.8) is 0 Å². The van der Waals surface area contributed by atoms with Crippen LogP contribution < -0.4 is 0 Å². The van der Waals surface area contributed by atoms with Gasteiger partial charge in [0.05, 0.1) is 75.8 Å². The molecule has 0 aromatic heterocycles. The van der Waals surface area contributed by atoms with Crippen molar-refractivity contribution < 1.29 is 62.6 Å². The Bertz CT molecular complexity index is 1420. The summed E-state index contributed by atoms with van der Waals surface area (Å²) < 4.78 is 34.9. The van der Waals surface area contributed by atoms with Crippen LogP contribution in [-0.2, 0) is 47.6 Å². The second kappa shape index (κ2) is 23.1. The van der Waals surface area contributed by atoms with E-state index in [9.17, 15) is 34.2 Å². The van der Waals surface area contributed by atoms with E-state index in [1.54, 1.807) is 23.8 Å². The van der Waals surface area contributed by atoms with Crippen LogP contribution in [0.5, 0.6) is 0 Å². The maximum absolute atomic E-state index is 13.4. The van der Waals surface area contributed by atoms with Gasteiger partial charge in [-0.2, -0.15) is 0 Å². The van der Waals surface area contributed by atoms with Gasteiger partial charge in [0.25, 0.3) is 11.8 Å². The minimum Gasteiger partial charge on any atom is -0.481 e. The lowest BCUT2D eigenvalue weighted by molar-refractivity contribution is -0.151. The fraction of sp³-hybridized carbons (Fsp3) is 0.732. The van der Waals surface area contributed by atoms with Crippen molar-refractivity contribution >= 4 is 29.8 Å². The summed E-state index contributed by atoms with van der Waals surface area (Å²) in [5.41, 5.74) is 0.396. The summed E-state index contributed by atoms with van der Waals surface area (Å²) in [5.74, 6) is -1.91. The highest BCUT2D eigenvalue weighted by atomic mass is 16.6. The second-order valence-electron chi connectivity index (χ2n) is 15.8. The lowest BCUT2D eigenvalue weighted by atomic mass is 9.85. The molecule has 2 saturated heterocycles. The minimum atomic E-state index is -0.999. The molecule has 0 bridgehead atoms. The number of allylic oxidation sites excluding steroid dienone is 3. The number of piperazine rings is 1. The van der Waals surface area contributed by atoms with E-state index >= 15 is 0 Å². The molecule has 4 amide bonds. The summed E-state index contributed by atoms with van der Waals surface area (Å²) in [6.45, 7) is 15.9. The Hall–Kier alpha value is -3.67. The van der Waals surface area contributed by atoms with Gasteiger partial charge in [0.15, 0.2) is 0 Å². The van der Waals surface area contributed by atoms with E-state index in [-0.39, 0.29) is 87.9 Å². The first-order chi connectivity index (χ1) is 26.9. The Balaban J connectivity index is 1.44.